The van der Waals surface area contributed by atoms with Crippen LogP contribution >= 0.6 is 0 Å². The van der Waals surface area contributed by atoms with E-state index < -0.39 is 27.4 Å². The Kier molecular flexibility index (Phi) is 9.83. The summed E-state index contributed by atoms with van der Waals surface area (Å²) in [6.07, 6.45) is -0.675. The number of methoxy groups -OCH3 is 1. The molecule has 11 nitrogen and oxygen atoms in total. The number of nitrogens with zero attached hydrogens (tertiary/aromatic N) is 1. The predicted molar refractivity (Wildman–Crippen MR) is 177 cm³/mol. The van der Waals surface area contributed by atoms with E-state index in [4.69, 9.17) is 33.8 Å². The van der Waals surface area contributed by atoms with Gasteiger partial charge in [-0.15, -0.1) is 0 Å². The normalized spacial score (nSPS) is 18.1. The van der Waals surface area contributed by atoms with Crippen molar-refractivity contribution in [1.82, 2.24) is 5.32 Å². The number of aliphatic hydroxyl groups is 1. The molecule has 48 heavy (non-hydrogen) atoms. The summed E-state index contributed by atoms with van der Waals surface area (Å²) in [6, 6.07) is 27.6. The summed E-state index contributed by atoms with van der Waals surface area (Å²) in [4.78, 5) is 19.6. The molecule has 4 aromatic carbocycles. The highest BCUT2D eigenvalue weighted by molar-refractivity contribution is 7.91. The zero-order valence-electron chi connectivity index (χ0n) is 26.3. The lowest BCUT2D eigenvalue weighted by molar-refractivity contribution is -0.129. The van der Waals surface area contributed by atoms with E-state index in [0.29, 0.717) is 47.2 Å². The number of hydrogen-bond acceptors (Lipinski definition) is 10. The van der Waals surface area contributed by atoms with Gasteiger partial charge in [0.2, 0.25) is 12.7 Å². The van der Waals surface area contributed by atoms with E-state index in [2.05, 4.69) is 5.32 Å². The molecular formula is C36H36N2O9S. The van der Waals surface area contributed by atoms with E-state index >= 15 is 0 Å². The van der Waals surface area contributed by atoms with Crippen LogP contribution in [0.4, 0.5) is 0 Å². The fourth-order valence-electron chi connectivity index (χ4n) is 5.60. The molecule has 2 N–H and O–H groups in total. The van der Waals surface area contributed by atoms with Crippen molar-refractivity contribution in [2.75, 3.05) is 32.9 Å². The molecule has 0 saturated heterocycles. The predicted octanol–water partition coefficient (Wildman–Crippen LogP) is 4.62. The molecule has 2 heterocycles. The van der Waals surface area contributed by atoms with Crippen molar-refractivity contribution in [2.45, 2.75) is 35.9 Å². The van der Waals surface area contributed by atoms with Crippen molar-refractivity contribution in [3.8, 4) is 23.0 Å². The second-order valence-electron chi connectivity index (χ2n) is 11.3. The van der Waals surface area contributed by atoms with Crippen molar-refractivity contribution < 1.29 is 42.0 Å². The monoisotopic (exact) mass is 672 g/mol. The first-order valence-electron chi connectivity index (χ1n) is 15.5. The summed E-state index contributed by atoms with van der Waals surface area (Å²) in [5, 5.41) is 12.1. The maximum absolute atomic E-state index is 14.5. The van der Waals surface area contributed by atoms with Crippen molar-refractivity contribution in [3.63, 3.8) is 0 Å². The topological polar surface area (TPSA) is 142 Å². The molecule has 250 valence electrons. The van der Waals surface area contributed by atoms with Gasteiger partial charge in [-0.3, -0.25) is 4.79 Å². The Bertz CT molecular complexity index is 1880. The van der Waals surface area contributed by atoms with Crippen LogP contribution in [0.2, 0.25) is 0 Å². The number of aliphatic imine (C=N–C) groups is 1. The molecule has 0 unspecified atom stereocenters. The van der Waals surface area contributed by atoms with E-state index in [0.717, 1.165) is 5.56 Å². The standard InChI is InChI=1S/C36H36N2O9S/c1-43-29-8-5-7-27(22-29)33-36(17-20-48(41,42)30-9-3-2-4-10-30,35(40)37-23-25-11-16-31-32(21-25)46-24-45-31)38-34(47-33)26-12-14-28(15-13-26)44-19-6-18-39/h2-5,7-16,21-22,33,39H,6,17-20,23-24H2,1H3,(H,37,40)/t33-,36-/m1/s1. The zero-order valence-corrected chi connectivity index (χ0v) is 27.1. The third-order valence-corrected chi connectivity index (χ3v) is 9.90. The van der Waals surface area contributed by atoms with Crippen LogP contribution in [0.3, 0.4) is 0 Å². The van der Waals surface area contributed by atoms with E-state index in [9.17, 15) is 13.2 Å². The first kappa shape index (κ1) is 32.9. The molecule has 0 radical (unpaired) electrons. The second-order valence-corrected chi connectivity index (χ2v) is 13.4. The number of amides is 1. The smallest absolute Gasteiger partial charge is 0.252 e. The summed E-state index contributed by atoms with van der Waals surface area (Å²) in [5.41, 5.74) is 0.245. The van der Waals surface area contributed by atoms with E-state index in [-0.39, 0.29) is 42.9 Å². The SMILES string of the molecule is COc1cccc([C@H]2OC(c3ccc(OCCCO)cc3)=N[C@@]2(CCS(=O)(=O)c2ccccc2)C(=O)NCc2ccc3c(c2)OCO3)c1. The Balaban J connectivity index is 1.38. The average molecular weight is 673 g/mol. The summed E-state index contributed by atoms with van der Waals surface area (Å²) < 4.78 is 55.8. The molecule has 0 fully saturated rings. The van der Waals surface area contributed by atoms with Crippen LogP contribution in [0.1, 0.15) is 35.6 Å². The lowest BCUT2D eigenvalue weighted by atomic mass is 9.85. The number of hydrogen-bond donors (Lipinski definition) is 2. The fourth-order valence-corrected chi connectivity index (χ4v) is 6.98. The fraction of sp³-hybridized carbons (Fsp3) is 0.278. The van der Waals surface area contributed by atoms with Crippen molar-refractivity contribution in [3.05, 3.63) is 114 Å². The van der Waals surface area contributed by atoms with Gasteiger partial charge in [-0.05, 0) is 71.8 Å². The minimum atomic E-state index is -3.80. The van der Waals surface area contributed by atoms with Crippen LogP contribution in [-0.4, -0.2) is 63.7 Å². The highest BCUT2D eigenvalue weighted by Crippen LogP contribution is 2.44. The van der Waals surface area contributed by atoms with E-state index in [1.54, 1.807) is 86.0 Å². The molecular weight excluding hydrogens is 636 g/mol. The van der Waals surface area contributed by atoms with Crippen LogP contribution in [0.25, 0.3) is 0 Å². The molecule has 4 aromatic rings. The Hall–Kier alpha value is -5.07. The van der Waals surface area contributed by atoms with Gasteiger partial charge in [-0.25, -0.2) is 13.4 Å². The van der Waals surface area contributed by atoms with E-state index in [1.807, 2.05) is 6.07 Å². The van der Waals surface area contributed by atoms with Crippen molar-refractivity contribution in [2.24, 2.45) is 4.99 Å². The Morgan fingerprint density at radius 1 is 0.958 bits per heavy atom. The van der Waals surface area contributed by atoms with Crippen molar-refractivity contribution in [1.29, 1.82) is 0 Å². The largest absolute Gasteiger partial charge is 0.497 e. The number of carbonyl (C=O) groups is 1. The third-order valence-electron chi connectivity index (χ3n) is 8.17. The number of carbonyl (C=O) groups excluding carboxylic acids is 1. The number of nitrogens with one attached hydrogen (secondary N) is 1. The van der Waals surface area contributed by atoms with Gasteiger partial charge in [0.05, 0.1) is 24.4 Å². The minimum Gasteiger partial charge on any atom is -0.497 e. The molecule has 0 bridgehead atoms. The number of fused-ring (bicyclic) bond motifs is 1. The summed E-state index contributed by atoms with van der Waals surface area (Å²) >= 11 is 0. The Morgan fingerprint density at radius 3 is 2.52 bits per heavy atom. The van der Waals surface area contributed by atoms with Gasteiger partial charge in [0.25, 0.3) is 5.91 Å². The number of aliphatic hydroxyl groups excluding tert-OH is 1. The van der Waals surface area contributed by atoms with Gasteiger partial charge in [-0.2, -0.15) is 0 Å². The van der Waals surface area contributed by atoms with Gasteiger partial charge in [0.1, 0.15) is 11.5 Å². The molecule has 0 saturated carbocycles. The molecule has 2 aliphatic rings. The van der Waals surface area contributed by atoms with Gasteiger partial charge < -0.3 is 34.1 Å². The molecule has 1 amide bonds. The first-order chi connectivity index (χ1) is 23.3. The summed E-state index contributed by atoms with van der Waals surface area (Å²) in [6.45, 7) is 0.621. The molecule has 12 heteroatoms. The maximum atomic E-state index is 14.5. The lowest BCUT2D eigenvalue weighted by Gasteiger charge is -2.31. The lowest BCUT2D eigenvalue weighted by Crippen LogP contribution is -2.49. The molecule has 2 aliphatic heterocycles. The van der Waals surface area contributed by atoms with Crippen LogP contribution in [0.5, 0.6) is 23.0 Å². The minimum absolute atomic E-state index is 0.0210. The third kappa shape index (κ3) is 7.09. The van der Waals surface area contributed by atoms with Gasteiger partial charge >= 0.3 is 0 Å². The highest BCUT2D eigenvalue weighted by atomic mass is 32.2. The van der Waals surface area contributed by atoms with Gasteiger partial charge in [0, 0.05) is 31.6 Å². The number of rotatable bonds is 14. The van der Waals surface area contributed by atoms with Crippen molar-refractivity contribution >= 4 is 21.6 Å². The molecule has 6 rings (SSSR count). The van der Waals surface area contributed by atoms with Gasteiger partial charge in [-0.1, -0.05) is 36.4 Å². The molecule has 0 spiro atoms. The molecule has 2 atom stereocenters. The average Bonchev–Trinajstić information content (AvgIpc) is 3.76. The number of sulfone groups is 1. The molecule has 0 aromatic heterocycles. The van der Waals surface area contributed by atoms with Crippen LogP contribution in [-0.2, 0) is 25.9 Å². The Morgan fingerprint density at radius 2 is 1.75 bits per heavy atom. The zero-order chi connectivity index (χ0) is 33.6. The van der Waals surface area contributed by atoms with E-state index in [1.165, 1.54) is 12.1 Å². The first-order valence-corrected chi connectivity index (χ1v) is 17.2. The van der Waals surface area contributed by atoms with Crippen LogP contribution in [0, 0.1) is 0 Å². The Labute approximate surface area is 279 Å². The summed E-state index contributed by atoms with van der Waals surface area (Å²) in [7, 11) is -2.26. The van der Waals surface area contributed by atoms with Gasteiger partial charge in [0.15, 0.2) is 33.0 Å². The number of benzene rings is 4. The van der Waals surface area contributed by atoms with Crippen LogP contribution < -0.4 is 24.3 Å². The quantitative estimate of drug-likeness (QED) is 0.184. The van der Waals surface area contributed by atoms with Crippen LogP contribution in [0.15, 0.2) is 107 Å². The second kappa shape index (κ2) is 14.4. The highest BCUT2D eigenvalue weighted by Gasteiger charge is 2.53. The maximum Gasteiger partial charge on any atom is 0.252 e. The summed E-state index contributed by atoms with van der Waals surface area (Å²) in [5.74, 6) is 1.64. The molecule has 0 aliphatic carbocycles. The number of ether oxygens (including phenoxy) is 5.